The molecule has 0 atom stereocenters. The van der Waals surface area contributed by atoms with Crippen LogP contribution in [0, 0.1) is 5.95 Å². The molecule has 0 spiro atoms. The lowest BCUT2D eigenvalue weighted by Gasteiger charge is -2.11. The second kappa shape index (κ2) is 6.36. The quantitative estimate of drug-likeness (QED) is 0.655. The van der Waals surface area contributed by atoms with Crippen molar-refractivity contribution in [3.05, 3.63) is 29.8 Å². The number of aromatic nitrogens is 3. The van der Waals surface area contributed by atoms with Crippen molar-refractivity contribution in [2.24, 2.45) is 0 Å². The zero-order valence-electron chi connectivity index (χ0n) is 13.2. The Morgan fingerprint density at radius 3 is 2.83 bits per heavy atom. The molecule has 23 heavy (non-hydrogen) atoms. The van der Waals surface area contributed by atoms with E-state index in [1.165, 1.54) is 6.20 Å². The first-order valence-electron chi connectivity index (χ1n) is 7.81. The van der Waals surface area contributed by atoms with E-state index < -0.39 is 11.9 Å². The molecule has 1 fully saturated rings. The van der Waals surface area contributed by atoms with Gasteiger partial charge in [-0.2, -0.15) is 9.49 Å². The van der Waals surface area contributed by atoms with Gasteiger partial charge in [0.1, 0.15) is 11.4 Å². The molecule has 7 heteroatoms. The predicted octanol–water partition coefficient (Wildman–Crippen LogP) is 3.03. The van der Waals surface area contributed by atoms with Crippen molar-refractivity contribution < 1.29 is 13.9 Å². The summed E-state index contributed by atoms with van der Waals surface area (Å²) in [6.07, 6.45) is 3.40. The third kappa shape index (κ3) is 3.04. The highest BCUT2D eigenvalue weighted by molar-refractivity contribution is 5.96. The smallest absolute Gasteiger partial charge is 0.341 e. The molecule has 1 N–H and O–H groups in total. The van der Waals surface area contributed by atoms with Crippen LogP contribution >= 0.6 is 0 Å². The summed E-state index contributed by atoms with van der Waals surface area (Å²) in [5, 5.41) is 7.23. The van der Waals surface area contributed by atoms with Crippen LogP contribution < -0.4 is 5.32 Å². The number of rotatable bonds is 6. The Balaban J connectivity index is 2.06. The Hall–Kier alpha value is -2.44. The van der Waals surface area contributed by atoms with Gasteiger partial charge in [0, 0.05) is 6.54 Å². The van der Waals surface area contributed by atoms with Gasteiger partial charge in [-0.15, -0.1) is 0 Å². The third-order valence-electron chi connectivity index (χ3n) is 3.65. The summed E-state index contributed by atoms with van der Waals surface area (Å²) in [7, 11) is 0. The van der Waals surface area contributed by atoms with E-state index in [0.29, 0.717) is 18.1 Å². The molecule has 0 aliphatic heterocycles. The Labute approximate surface area is 133 Å². The second-order valence-electron chi connectivity index (χ2n) is 5.37. The van der Waals surface area contributed by atoms with E-state index in [-0.39, 0.29) is 23.8 Å². The lowest BCUT2D eigenvalue weighted by atomic mass is 10.1. The highest BCUT2D eigenvalue weighted by Gasteiger charge is 2.31. The minimum Gasteiger partial charge on any atom is -0.462 e. The molecule has 0 aromatic carbocycles. The number of esters is 1. The van der Waals surface area contributed by atoms with Gasteiger partial charge in [-0.1, -0.05) is 0 Å². The molecular formula is C16H19FN4O2. The van der Waals surface area contributed by atoms with Crippen LogP contribution in [0.1, 0.15) is 43.1 Å². The van der Waals surface area contributed by atoms with Gasteiger partial charge in [0.15, 0.2) is 0 Å². The largest absolute Gasteiger partial charge is 0.462 e. The van der Waals surface area contributed by atoms with Crippen LogP contribution in [0.4, 0.5) is 10.2 Å². The molecule has 0 saturated heterocycles. The Bertz CT molecular complexity index is 725. The van der Waals surface area contributed by atoms with Gasteiger partial charge in [0.05, 0.1) is 30.1 Å². The zero-order valence-corrected chi connectivity index (χ0v) is 13.2. The van der Waals surface area contributed by atoms with Crippen molar-refractivity contribution in [2.45, 2.75) is 32.7 Å². The fourth-order valence-corrected chi connectivity index (χ4v) is 2.48. The number of ether oxygens (including phenoxy) is 1. The number of nitrogens with one attached hydrogen (secondary N) is 1. The van der Waals surface area contributed by atoms with Gasteiger partial charge in [0.2, 0.25) is 5.95 Å². The fourth-order valence-electron chi connectivity index (χ4n) is 2.48. The van der Waals surface area contributed by atoms with E-state index in [0.717, 1.165) is 12.8 Å². The predicted molar refractivity (Wildman–Crippen MR) is 83.8 cm³/mol. The maximum atomic E-state index is 14.5. The average molecular weight is 318 g/mol. The second-order valence-corrected chi connectivity index (χ2v) is 5.37. The first-order valence-corrected chi connectivity index (χ1v) is 7.81. The van der Waals surface area contributed by atoms with E-state index >= 15 is 0 Å². The topological polar surface area (TPSA) is 69.0 Å². The van der Waals surface area contributed by atoms with Crippen LogP contribution in [-0.4, -0.2) is 33.9 Å². The van der Waals surface area contributed by atoms with Crippen LogP contribution in [0.2, 0.25) is 0 Å². The summed E-state index contributed by atoms with van der Waals surface area (Å²) < 4.78 is 21.3. The normalized spacial score (nSPS) is 13.9. The molecule has 0 amide bonds. The summed E-state index contributed by atoms with van der Waals surface area (Å²) in [4.78, 5) is 16.1. The van der Waals surface area contributed by atoms with Gasteiger partial charge >= 0.3 is 5.97 Å². The standard InChI is InChI=1S/C16H19FN4O2/c1-3-18-13-8-7-11(15(17)20-13)14-12(16(22)23-4-2)9-19-21(14)10-5-6-10/h7-10H,3-6H2,1-2H3,(H,18,20). The van der Waals surface area contributed by atoms with Gasteiger partial charge in [-0.25, -0.2) is 9.78 Å². The van der Waals surface area contributed by atoms with Gasteiger partial charge in [-0.3, -0.25) is 4.68 Å². The van der Waals surface area contributed by atoms with E-state index in [2.05, 4.69) is 15.4 Å². The molecule has 0 unspecified atom stereocenters. The lowest BCUT2D eigenvalue weighted by molar-refractivity contribution is 0.0527. The SMILES string of the molecule is CCNc1ccc(-c2c(C(=O)OCC)cnn2C2CC2)c(F)n1. The summed E-state index contributed by atoms with van der Waals surface area (Å²) in [6.45, 7) is 4.55. The van der Waals surface area contributed by atoms with Crippen molar-refractivity contribution in [2.75, 3.05) is 18.5 Å². The maximum absolute atomic E-state index is 14.5. The van der Waals surface area contributed by atoms with E-state index in [1.54, 1.807) is 23.7 Å². The summed E-state index contributed by atoms with van der Waals surface area (Å²) in [5.74, 6) is -0.662. The molecule has 122 valence electrons. The van der Waals surface area contributed by atoms with E-state index in [4.69, 9.17) is 4.74 Å². The Morgan fingerprint density at radius 2 is 2.22 bits per heavy atom. The summed E-state index contributed by atoms with van der Waals surface area (Å²) >= 11 is 0. The van der Waals surface area contributed by atoms with Gasteiger partial charge < -0.3 is 10.1 Å². The molecular weight excluding hydrogens is 299 g/mol. The van der Waals surface area contributed by atoms with Crippen LogP contribution in [0.3, 0.4) is 0 Å². The molecule has 0 radical (unpaired) electrons. The first-order chi connectivity index (χ1) is 11.2. The number of carbonyl (C=O) groups excluding carboxylic acids is 1. The number of hydrogen-bond acceptors (Lipinski definition) is 5. The van der Waals surface area contributed by atoms with Crippen LogP contribution in [-0.2, 0) is 4.74 Å². The van der Waals surface area contributed by atoms with Crippen molar-refractivity contribution in [3.8, 4) is 11.3 Å². The number of carbonyl (C=O) groups is 1. The van der Waals surface area contributed by atoms with Crippen LogP contribution in [0.25, 0.3) is 11.3 Å². The minimum atomic E-state index is -0.628. The molecule has 1 saturated carbocycles. The monoisotopic (exact) mass is 318 g/mol. The minimum absolute atomic E-state index is 0.209. The van der Waals surface area contributed by atoms with Crippen molar-refractivity contribution in [3.63, 3.8) is 0 Å². The fraction of sp³-hybridized carbons (Fsp3) is 0.438. The van der Waals surface area contributed by atoms with Crippen molar-refractivity contribution >= 4 is 11.8 Å². The molecule has 6 nitrogen and oxygen atoms in total. The Kier molecular flexibility index (Phi) is 4.27. The van der Waals surface area contributed by atoms with E-state index in [9.17, 15) is 9.18 Å². The molecule has 1 aliphatic rings. The average Bonchev–Trinajstić information content (AvgIpc) is 3.27. The molecule has 3 rings (SSSR count). The van der Waals surface area contributed by atoms with Crippen molar-refractivity contribution in [1.29, 1.82) is 0 Å². The van der Waals surface area contributed by atoms with Crippen molar-refractivity contribution in [1.82, 2.24) is 14.8 Å². The first kappa shape index (κ1) is 15.5. The van der Waals surface area contributed by atoms with Crippen LogP contribution in [0.5, 0.6) is 0 Å². The number of nitrogens with zero attached hydrogens (tertiary/aromatic N) is 3. The maximum Gasteiger partial charge on any atom is 0.341 e. The number of hydrogen-bond donors (Lipinski definition) is 1. The van der Waals surface area contributed by atoms with Gasteiger partial charge in [0.25, 0.3) is 0 Å². The molecule has 1 aliphatic carbocycles. The number of pyridine rings is 1. The highest BCUT2D eigenvalue weighted by Crippen LogP contribution is 2.39. The number of halogens is 1. The molecule has 2 heterocycles. The number of anilines is 1. The zero-order chi connectivity index (χ0) is 16.4. The van der Waals surface area contributed by atoms with E-state index in [1.807, 2.05) is 6.92 Å². The summed E-state index contributed by atoms with van der Waals surface area (Å²) in [6, 6.07) is 3.53. The lowest BCUT2D eigenvalue weighted by Crippen LogP contribution is -2.09. The van der Waals surface area contributed by atoms with Gasteiger partial charge in [-0.05, 0) is 38.8 Å². The molecule has 0 bridgehead atoms. The summed E-state index contributed by atoms with van der Waals surface area (Å²) in [5.41, 5.74) is 0.980. The molecule has 2 aromatic rings. The third-order valence-corrected chi connectivity index (χ3v) is 3.65. The van der Waals surface area contributed by atoms with Crippen LogP contribution in [0.15, 0.2) is 18.3 Å². The Morgan fingerprint density at radius 1 is 1.43 bits per heavy atom. The molecule has 2 aromatic heterocycles. The highest BCUT2D eigenvalue weighted by atomic mass is 19.1.